The number of methoxy groups -OCH3 is 1. The Morgan fingerprint density at radius 3 is 2.59 bits per heavy atom. The third-order valence-electron chi connectivity index (χ3n) is 2.22. The molecular formula is C13H18N2O2. The Kier molecular flexibility index (Phi) is 5.82. The summed E-state index contributed by atoms with van der Waals surface area (Å²) in [6, 6.07) is 7.52. The number of hydrogen-bond acceptors (Lipinski definition) is 3. The van der Waals surface area contributed by atoms with Crippen LogP contribution in [0.5, 0.6) is 5.75 Å². The van der Waals surface area contributed by atoms with Gasteiger partial charge in [0.05, 0.1) is 7.11 Å². The highest BCUT2D eigenvalue weighted by Crippen LogP contribution is 2.11. The summed E-state index contributed by atoms with van der Waals surface area (Å²) in [4.78, 5) is 11.4. The largest absolute Gasteiger partial charge is 0.497 e. The van der Waals surface area contributed by atoms with E-state index in [0.29, 0.717) is 6.54 Å². The summed E-state index contributed by atoms with van der Waals surface area (Å²) in [6.07, 6.45) is 3.30. The Balaban J connectivity index is 2.43. The van der Waals surface area contributed by atoms with Crippen LogP contribution in [-0.4, -0.2) is 33.2 Å². The van der Waals surface area contributed by atoms with Gasteiger partial charge in [-0.05, 0) is 30.8 Å². The lowest BCUT2D eigenvalue weighted by Gasteiger charge is -2.01. The number of carbonyl (C=O) groups excluding carboxylic acids is 1. The van der Waals surface area contributed by atoms with E-state index in [2.05, 4.69) is 10.6 Å². The van der Waals surface area contributed by atoms with Gasteiger partial charge in [0, 0.05) is 19.2 Å². The fourth-order valence-electron chi connectivity index (χ4n) is 1.26. The Hall–Kier alpha value is -1.81. The molecule has 0 fully saturated rings. The number of hydrogen-bond donors (Lipinski definition) is 2. The van der Waals surface area contributed by atoms with Crippen molar-refractivity contribution in [1.29, 1.82) is 0 Å². The van der Waals surface area contributed by atoms with Crippen molar-refractivity contribution in [1.82, 2.24) is 10.6 Å². The van der Waals surface area contributed by atoms with Crippen molar-refractivity contribution in [3.8, 4) is 5.75 Å². The highest BCUT2D eigenvalue weighted by atomic mass is 16.5. The third-order valence-corrected chi connectivity index (χ3v) is 2.22. The van der Waals surface area contributed by atoms with Gasteiger partial charge < -0.3 is 15.4 Å². The second-order valence-corrected chi connectivity index (χ2v) is 3.50. The monoisotopic (exact) mass is 234 g/mol. The van der Waals surface area contributed by atoms with Crippen LogP contribution in [0.25, 0.3) is 6.08 Å². The quantitative estimate of drug-likeness (QED) is 0.571. The van der Waals surface area contributed by atoms with Gasteiger partial charge in [0.1, 0.15) is 5.75 Å². The molecule has 2 N–H and O–H groups in total. The zero-order valence-electron chi connectivity index (χ0n) is 10.2. The second-order valence-electron chi connectivity index (χ2n) is 3.50. The van der Waals surface area contributed by atoms with Crippen LogP contribution in [-0.2, 0) is 4.79 Å². The van der Waals surface area contributed by atoms with Crippen LogP contribution in [0.1, 0.15) is 5.56 Å². The SMILES string of the molecule is CNCCNC(=O)/C=C/c1ccc(OC)cc1. The zero-order valence-corrected chi connectivity index (χ0v) is 10.2. The first-order chi connectivity index (χ1) is 8.26. The molecule has 0 unspecified atom stereocenters. The molecule has 1 aromatic rings. The lowest BCUT2D eigenvalue weighted by atomic mass is 10.2. The number of amides is 1. The van der Waals surface area contributed by atoms with E-state index in [4.69, 9.17) is 4.74 Å². The van der Waals surface area contributed by atoms with E-state index < -0.39 is 0 Å². The molecule has 0 spiro atoms. The standard InChI is InChI=1S/C13H18N2O2/c1-14-9-10-15-13(16)8-5-11-3-6-12(17-2)7-4-11/h3-8,14H,9-10H2,1-2H3,(H,15,16)/b8-5+. The minimum Gasteiger partial charge on any atom is -0.497 e. The molecule has 92 valence electrons. The molecule has 0 saturated heterocycles. The predicted octanol–water partition coefficient (Wildman–Crippen LogP) is 1.04. The Bertz CT molecular complexity index is 372. The highest BCUT2D eigenvalue weighted by molar-refractivity contribution is 5.91. The van der Waals surface area contributed by atoms with Crippen LogP contribution >= 0.6 is 0 Å². The minimum atomic E-state index is -0.0870. The Morgan fingerprint density at radius 2 is 2.00 bits per heavy atom. The number of rotatable bonds is 6. The number of benzene rings is 1. The maximum atomic E-state index is 11.4. The molecule has 17 heavy (non-hydrogen) atoms. The molecule has 1 aromatic carbocycles. The maximum absolute atomic E-state index is 11.4. The second kappa shape index (κ2) is 7.46. The fraction of sp³-hybridized carbons (Fsp3) is 0.308. The van der Waals surface area contributed by atoms with E-state index in [1.54, 1.807) is 13.2 Å². The molecule has 0 saturated carbocycles. The van der Waals surface area contributed by atoms with E-state index in [1.165, 1.54) is 6.08 Å². The van der Waals surface area contributed by atoms with Gasteiger partial charge in [-0.2, -0.15) is 0 Å². The summed E-state index contributed by atoms with van der Waals surface area (Å²) in [5, 5.41) is 5.72. The van der Waals surface area contributed by atoms with Crippen LogP contribution < -0.4 is 15.4 Å². The van der Waals surface area contributed by atoms with Crippen LogP contribution in [0, 0.1) is 0 Å². The molecule has 0 atom stereocenters. The molecule has 1 rings (SSSR count). The highest BCUT2D eigenvalue weighted by Gasteiger charge is 1.94. The van der Waals surface area contributed by atoms with Crippen molar-refractivity contribution in [2.24, 2.45) is 0 Å². The summed E-state index contributed by atoms with van der Waals surface area (Å²) >= 11 is 0. The molecule has 1 amide bonds. The summed E-state index contributed by atoms with van der Waals surface area (Å²) in [5.74, 6) is 0.719. The summed E-state index contributed by atoms with van der Waals surface area (Å²) < 4.78 is 5.05. The molecule has 0 aliphatic carbocycles. The van der Waals surface area contributed by atoms with Crippen LogP contribution in [0.4, 0.5) is 0 Å². The van der Waals surface area contributed by atoms with E-state index in [1.807, 2.05) is 31.3 Å². The van der Waals surface area contributed by atoms with Gasteiger partial charge in [0.15, 0.2) is 0 Å². The maximum Gasteiger partial charge on any atom is 0.244 e. The van der Waals surface area contributed by atoms with Gasteiger partial charge in [-0.15, -0.1) is 0 Å². The Morgan fingerprint density at radius 1 is 1.29 bits per heavy atom. The van der Waals surface area contributed by atoms with Crippen molar-refractivity contribution in [3.63, 3.8) is 0 Å². The molecule has 0 heterocycles. The van der Waals surface area contributed by atoms with Crippen molar-refractivity contribution >= 4 is 12.0 Å². The molecular weight excluding hydrogens is 216 g/mol. The van der Waals surface area contributed by atoms with E-state index >= 15 is 0 Å². The molecule has 0 bridgehead atoms. The molecule has 0 radical (unpaired) electrons. The smallest absolute Gasteiger partial charge is 0.244 e. The first-order valence-electron chi connectivity index (χ1n) is 5.51. The molecule has 0 aromatic heterocycles. The van der Waals surface area contributed by atoms with Gasteiger partial charge in [0.2, 0.25) is 5.91 Å². The molecule has 0 aliphatic rings. The lowest BCUT2D eigenvalue weighted by Crippen LogP contribution is -2.28. The first kappa shape index (κ1) is 13.3. The average Bonchev–Trinajstić information content (AvgIpc) is 2.37. The van der Waals surface area contributed by atoms with Crippen molar-refractivity contribution in [2.45, 2.75) is 0 Å². The lowest BCUT2D eigenvalue weighted by molar-refractivity contribution is -0.116. The van der Waals surface area contributed by atoms with Crippen molar-refractivity contribution in [2.75, 3.05) is 27.2 Å². The summed E-state index contributed by atoms with van der Waals surface area (Å²) in [7, 11) is 3.47. The molecule has 4 nitrogen and oxygen atoms in total. The number of likely N-dealkylation sites (N-methyl/N-ethyl adjacent to an activating group) is 1. The topological polar surface area (TPSA) is 50.4 Å². The van der Waals surface area contributed by atoms with Crippen LogP contribution in [0.3, 0.4) is 0 Å². The normalized spacial score (nSPS) is 10.5. The number of nitrogens with one attached hydrogen (secondary N) is 2. The molecule has 4 heteroatoms. The molecule has 0 aliphatic heterocycles. The minimum absolute atomic E-state index is 0.0870. The third kappa shape index (κ3) is 5.17. The van der Waals surface area contributed by atoms with Gasteiger partial charge >= 0.3 is 0 Å². The van der Waals surface area contributed by atoms with Crippen molar-refractivity contribution in [3.05, 3.63) is 35.9 Å². The van der Waals surface area contributed by atoms with E-state index in [0.717, 1.165) is 17.9 Å². The fourth-order valence-corrected chi connectivity index (χ4v) is 1.26. The van der Waals surface area contributed by atoms with Gasteiger partial charge in [-0.25, -0.2) is 0 Å². The van der Waals surface area contributed by atoms with Crippen LogP contribution in [0.15, 0.2) is 30.3 Å². The van der Waals surface area contributed by atoms with Crippen LogP contribution in [0.2, 0.25) is 0 Å². The summed E-state index contributed by atoms with van der Waals surface area (Å²) in [5.41, 5.74) is 0.967. The predicted molar refractivity (Wildman–Crippen MR) is 69.0 cm³/mol. The van der Waals surface area contributed by atoms with Gasteiger partial charge in [-0.3, -0.25) is 4.79 Å². The number of carbonyl (C=O) groups is 1. The van der Waals surface area contributed by atoms with Crippen molar-refractivity contribution < 1.29 is 9.53 Å². The van der Waals surface area contributed by atoms with Gasteiger partial charge in [-0.1, -0.05) is 12.1 Å². The zero-order chi connectivity index (χ0) is 12.5. The van der Waals surface area contributed by atoms with E-state index in [9.17, 15) is 4.79 Å². The Labute approximate surface area is 102 Å². The number of ether oxygens (including phenoxy) is 1. The summed E-state index contributed by atoms with van der Waals surface area (Å²) in [6.45, 7) is 1.39. The van der Waals surface area contributed by atoms with E-state index in [-0.39, 0.29) is 5.91 Å². The first-order valence-corrected chi connectivity index (χ1v) is 5.51. The average molecular weight is 234 g/mol. The van der Waals surface area contributed by atoms with Gasteiger partial charge in [0.25, 0.3) is 0 Å².